The highest BCUT2D eigenvalue weighted by Gasteiger charge is 2.16. The summed E-state index contributed by atoms with van der Waals surface area (Å²) in [5.41, 5.74) is 5.96. The van der Waals surface area contributed by atoms with Crippen LogP contribution in [0.3, 0.4) is 0 Å². The van der Waals surface area contributed by atoms with Gasteiger partial charge in [-0.25, -0.2) is 0 Å². The lowest BCUT2D eigenvalue weighted by Crippen LogP contribution is -2.10. The standard InChI is InChI=1S/C10H16N6O2/c1-3-17-7(2)9-12-10(18-14-9)8-6-16(5-4-11)15-13-8/h6-7H,3-5,11H2,1-2H3. The molecule has 1 unspecified atom stereocenters. The molecule has 0 amide bonds. The van der Waals surface area contributed by atoms with Crippen LogP contribution in [0.1, 0.15) is 25.8 Å². The van der Waals surface area contributed by atoms with Crippen molar-refractivity contribution < 1.29 is 9.26 Å². The molecule has 0 saturated heterocycles. The number of hydrogen-bond acceptors (Lipinski definition) is 7. The minimum absolute atomic E-state index is 0.202. The van der Waals surface area contributed by atoms with Crippen LogP contribution >= 0.6 is 0 Å². The molecule has 0 bridgehead atoms. The molecular weight excluding hydrogens is 236 g/mol. The van der Waals surface area contributed by atoms with Crippen molar-refractivity contribution in [1.82, 2.24) is 25.1 Å². The van der Waals surface area contributed by atoms with Gasteiger partial charge >= 0.3 is 0 Å². The second kappa shape index (κ2) is 5.69. The fourth-order valence-corrected chi connectivity index (χ4v) is 1.47. The van der Waals surface area contributed by atoms with Crippen LogP contribution in [0.4, 0.5) is 0 Å². The lowest BCUT2D eigenvalue weighted by molar-refractivity contribution is 0.0683. The number of nitrogens with two attached hydrogens (primary N) is 1. The first-order valence-electron chi connectivity index (χ1n) is 5.80. The lowest BCUT2D eigenvalue weighted by Gasteiger charge is -2.04. The highest BCUT2D eigenvalue weighted by Crippen LogP contribution is 2.18. The maximum absolute atomic E-state index is 5.43. The normalized spacial score (nSPS) is 12.8. The van der Waals surface area contributed by atoms with Crippen molar-refractivity contribution in [3.63, 3.8) is 0 Å². The third-order valence-electron chi connectivity index (χ3n) is 2.34. The van der Waals surface area contributed by atoms with Gasteiger partial charge in [0.2, 0.25) is 5.82 Å². The summed E-state index contributed by atoms with van der Waals surface area (Å²) in [4.78, 5) is 4.22. The minimum Gasteiger partial charge on any atom is -0.371 e. The largest absolute Gasteiger partial charge is 0.371 e. The van der Waals surface area contributed by atoms with Gasteiger partial charge < -0.3 is 15.0 Å². The van der Waals surface area contributed by atoms with Gasteiger partial charge in [0.15, 0.2) is 5.69 Å². The molecule has 0 fully saturated rings. The zero-order chi connectivity index (χ0) is 13.0. The fourth-order valence-electron chi connectivity index (χ4n) is 1.47. The van der Waals surface area contributed by atoms with Gasteiger partial charge in [-0.2, -0.15) is 4.98 Å². The molecule has 2 N–H and O–H groups in total. The minimum atomic E-state index is -0.202. The molecule has 18 heavy (non-hydrogen) atoms. The van der Waals surface area contributed by atoms with Crippen LogP contribution in [0.2, 0.25) is 0 Å². The van der Waals surface area contributed by atoms with Crippen molar-refractivity contribution >= 4 is 0 Å². The van der Waals surface area contributed by atoms with E-state index >= 15 is 0 Å². The molecule has 0 saturated carbocycles. The van der Waals surface area contributed by atoms with E-state index in [1.165, 1.54) is 0 Å². The number of hydrogen-bond donors (Lipinski definition) is 1. The van der Waals surface area contributed by atoms with Gasteiger partial charge in [0.05, 0.1) is 12.7 Å². The quantitative estimate of drug-likeness (QED) is 0.792. The van der Waals surface area contributed by atoms with E-state index in [-0.39, 0.29) is 6.10 Å². The number of aromatic nitrogens is 5. The molecule has 0 aromatic carbocycles. The Bertz CT molecular complexity index is 494. The van der Waals surface area contributed by atoms with Crippen LogP contribution in [-0.2, 0) is 11.3 Å². The van der Waals surface area contributed by atoms with Gasteiger partial charge in [0, 0.05) is 13.2 Å². The lowest BCUT2D eigenvalue weighted by atomic mass is 10.4. The molecule has 8 heteroatoms. The van der Waals surface area contributed by atoms with Crippen LogP contribution in [-0.4, -0.2) is 38.3 Å². The summed E-state index contributed by atoms with van der Waals surface area (Å²) in [6.07, 6.45) is 1.52. The molecule has 2 heterocycles. The van der Waals surface area contributed by atoms with Crippen LogP contribution in [0.25, 0.3) is 11.6 Å². The van der Waals surface area contributed by atoms with E-state index in [2.05, 4.69) is 20.5 Å². The van der Waals surface area contributed by atoms with Crippen molar-refractivity contribution in [3.05, 3.63) is 12.0 Å². The molecule has 8 nitrogen and oxygen atoms in total. The Hall–Kier alpha value is -1.80. The number of nitrogens with zero attached hydrogens (tertiary/aromatic N) is 5. The summed E-state index contributed by atoms with van der Waals surface area (Å²) in [6, 6.07) is 0. The maximum atomic E-state index is 5.43. The molecule has 1 atom stereocenters. The maximum Gasteiger partial charge on any atom is 0.280 e. The van der Waals surface area contributed by atoms with Crippen molar-refractivity contribution in [2.24, 2.45) is 5.73 Å². The van der Waals surface area contributed by atoms with Crippen molar-refractivity contribution in [1.29, 1.82) is 0 Å². The first-order valence-corrected chi connectivity index (χ1v) is 5.80. The SMILES string of the molecule is CCOC(C)c1noc(-c2cn(CCN)nn2)n1. The number of rotatable bonds is 6. The molecule has 98 valence electrons. The van der Waals surface area contributed by atoms with E-state index in [0.29, 0.717) is 37.1 Å². The summed E-state index contributed by atoms with van der Waals surface area (Å²) in [5, 5.41) is 11.7. The molecule has 0 radical (unpaired) electrons. The van der Waals surface area contributed by atoms with Crippen molar-refractivity contribution in [3.8, 4) is 11.6 Å². The Morgan fingerprint density at radius 3 is 3.11 bits per heavy atom. The van der Waals surface area contributed by atoms with Gasteiger partial charge in [-0.05, 0) is 13.8 Å². The van der Waals surface area contributed by atoms with Crippen LogP contribution in [0.15, 0.2) is 10.7 Å². The van der Waals surface area contributed by atoms with Gasteiger partial charge in [0.1, 0.15) is 6.10 Å². The van der Waals surface area contributed by atoms with E-state index in [1.54, 1.807) is 10.9 Å². The van der Waals surface area contributed by atoms with E-state index < -0.39 is 0 Å². The Balaban J connectivity index is 2.13. The summed E-state index contributed by atoms with van der Waals surface area (Å²) in [6.45, 7) is 5.47. The van der Waals surface area contributed by atoms with Crippen molar-refractivity contribution in [2.75, 3.05) is 13.2 Å². The van der Waals surface area contributed by atoms with Crippen LogP contribution < -0.4 is 5.73 Å². The zero-order valence-electron chi connectivity index (χ0n) is 10.4. The predicted octanol–water partition coefficient (Wildman–Crippen LogP) is 0.384. The molecule has 0 aliphatic heterocycles. The first-order chi connectivity index (χ1) is 8.74. The second-order valence-electron chi connectivity index (χ2n) is 3.71. The van der Waals surface area contributed by atoms with Gasteiger partial charge in [-0.15, -0.1) is 5.10 Å². The average molecular weight is 252 g/mol. The Morgan fingerprint density at radius 1 is 1.56 bits per heavy atom. The molecule has 0 aliphatic carbocycles. The van der Waals surface area contributed by atoms with Crippen molar-refractivity contribution in [2.45, 2.75) is 26.5 Å². The van der Waals surface area contributed by atoms with Gasteiger partial charge in [0.25, 0.3) is 5.89 Å². The molecular formula is C10H16N6O2. The van der Waals surface area contributed by atoms with Gasteiger partial charge in [-0.3, -0.25) is 4.68 Å². The Morgan fingerprint density at radius 2 is 2.39 bits per heavy atom. The molecule has 2 aromatic rings. The monoisotopic (exact) mass is 252 g/mol. The Labute approximate surface area is 104 Å². The number of ether oxygens (including phenoxy) is 1. The highest BCUT2D eigenvalue weighted by molar-refractivity contribution is 5.43. The van der Waals surface area contributed by atoms with Gasteiger partial charge in [-0.1, -0.05) is 10.4 Å². The summed E-state index contributed by atoms with van der Waals surface area (Å²) in [5.74, 6) is 0.833. The molecule has 0 spiro atoms. The third kappa shape index (κ3) is 2.71. The summed E-state index contributed by atoms with van der Waals surface area (Å²) >= 11 is 0. The van der Waals surface area contributed by atoms with Crippen LogP contribution in [0.5, 0.6) is 0 Å². The molecule has 2 aromatic heterocycles. The third-order valence-corrected chi connectivity index (χ3v) is 2.34. The highest BCUT2D eigenvalue weighted by atomic mass is 16.5. The van der Waals surface area contributed by atoms with E-state index in [4.69, 9.17) is 15.0 Å². The molecule has 2 rings (SSSR count). The summed E-state index contributed by atoms with van der Waals surface area (Å²) in [7, 11) is 0. The molecule has 0 aliphatic rings. The van der Waals surface area contributed by atoms with Crippen LogP contribution in [0, 0.1) is 0 Å². The summed E-state index contributed by atoms with van der Waals surface area (Å²) < 4.78 is 12.1. The average Bonchev–Trinajstić information content (AvgIpc) is 2.97. The first kappa shape index (κ1) is 12.7. The fraction of sp³-hybridized carbons (Fsp3) is 0.600. The van der Waals surface area contributed by atoms with E-state index in [1.807, 2.05) is 13.8 Å². The topological polar surface area (TPSA) is 105 Å². The predicted molar refractivity (Wildman–Crippen MR) is 62.4 cm³/mol. The smallest absolute Gasteiger partial charge is 0.280 e. The van der Waals surface area contributed by atoms with E-state index in [0.717, 1.165) is 0 Å². The second-order valence-corrected chi connectivity index (χ2v) is 3.71. The van der Waals surface area contributed by atoms with E-state index in [9.17, 15) is 0 Å². The Kier molecular flexibility index (Phi) is 4.00. The zero-order valence-corrected chi connectivity index (χ0v) is 10.4.